The molecule has 1 rings (SSSR count). The fourth-order valence-corrected chi connectivity index (χ4v) is 2.19. The standard InChI is InChI=1S/C13H26O.2C2H6/c1-2-3-4-5-9-12-14-13-10-7-6-8-11-13;2*1-2/h13H,2-12H2,1H3;2*1-2H3. The molecule has 0 atom stereocenters. The summed E-state index contributed by atoms with van der Waals surface area (Å²) in [6.07, 6.45) is 14.2. The quantitative estimate of drug-likeness (QED) is 0.483. The van der Waals surface area contributed by atoms with Crippen LogP contribution in [0.15, 0.2) is 0 Å². The predicted molar refractivity (Wildman–Crippen MR) is 84.3 cm³/mol. The molecule has 112 valence electrons. The molecule has 18 heavy (non-hydrogen) atoms. The Bertz CT molecular complexity index is 117. The second kappa shape index (κ2) is 19.3. The molecule has 0 aromatic rings. The van der Waals surface area contributed by atoms with Gasteiger partial charge in [-0.3, -0.25) is 0 Å². The Morgan fingerprint density at radius 1 is 0.778 bits per heavy atom. The molecule has 1 aliphatic carbocycles. The van der Waals surface area contributed by atoms with Crippen molar-refractivity contribution >= 4 is 0 Å². The summed E-state index contributed by atoms with van der Waals surface area (Å²) in [6.45, 7) is 11.3. The molecule has 0 heterocycles. The third-order valence-corrected chi connectivity index (χ3v) is 3.15. The molecule has 0 N–H and O–H groups in total. The minimum Gasteiger partial charge on any atom is -0.378 e. The van der Waals surface area contributed by atoms with Gasteiger partial charge in [-0.25, -0.2) is 0 Å². The average Bonchev–Trinajstić information content (AvgIpc) is 2.48. The molecule has 0 aromatic heterocycles. The Morgan fingerprint density at radius 3 is 1.89 bits per heavy atom. The van der Waals surface area contributed by atoms with Crippen LogP contribution >= 0.6 is 0 Å². The molecule has 0 spiro atoms. The average molecular weight is 258 g/mol. The van der Waals surface area contributed by atoms with Gasteiger partial charge in [0.2, 0.25) is 0 Å². The molecular formula is C17H38O. The molecule has 0 radical (unpaired) electrons. The second-order valence-corrected chi connectivity index (χ2v) is 4.55. The molecule has 0 unspecified atom stereocenters. The van der Waals surface area contributed by atoms with Gasteiger partial charge in [-0.2, -0.15) is 0 Å². The van der Waals surface area contributed by atoms with Gasteiger partial charge in [0, 0.05) is 6.61 Å². The lowest BCUT2D eigenvalue weighted by atomic mass is 9.98. The molecule has 0 aromatic carbocycles. The number of rotatable bonds is 7. The first-order valence-electron chi connectivity index (χ1n) is 8.55. The summed E-state index contributed by atoms with van der Waals surface area (Å²) in [7, 11) is 0. The molecule has 1 saturated carbocycles. The van der Waals surface area contributed by atoms with E-state index in [1.807, 2.05) is 27.7 Å². The lowest BCUT2D eigenvalue weighted by molar-refractivity contribution is 0.0263. The van der Waals surface area contributed by atoms with Crippen molar-refractivity contribution in [3.63, 3.8) is 0 Å². The predicted octanol–water partition coefficient (Wildman–Crippen LogP) is 6.36. The summed E-state index contributed by atoms with van der Waals surface area (Å²) >= 11 is 0. The third kappa shape index (κ3) is 14.0. The zero-order valence-electron chi connectivity index (χ0n) is 13.8. The monoisotopic (exact) mass is 258 g/mol. The highest BCUT2D eigenvalue weighted by molar-refractivity contribution is 4.64. The summed E-state index contributed by atoms with van der Waals surface area (Å²) in [5.74, 6) is 0. The molecule has 1 aliphatic rings. The summed E-state index contributed by atoms with van der Waals surface area (Å²) in [6, 6.07) is 0. The van der Waals surface area contributed by atoms with Crippen LogP contribution in [-0.2, 0) is 4.74 Å². The summed E-state index contributed by atoms with van der Waals surface area (Å²) < 4.78 is 5.86. The SMILES string of the molecule is CC.CC.CCCCCCCOC1CCCCC1. The highest BCUT2D eigenvalue weighted by atomic mass is 16.5. The first kappa shape index (κ1) is 20.3. The Balaban J connectivity index is 0. The number of hydrogen-bond donors (Lipinski definition) is 0. The lowest BCUT2D eigenvalue weighted by Gasteiger charge is -2.21. The van der Waals surface area contributed by atoms with E-state index in [9.17, 15) is 0 Å². The topological polar surface area (TPSA) is 9.23 Å². The van der Waals surface area contributed by atoms with E-state index in [1.165, 1.54) is 64.2 Å². The molecule has 0 amide bonds. The van der Waals surface area contributed by atoms with Gasteiger partial charge in [-0.1, -0.05) is 79.6 Å². The summed E-state index contributed by atoms with van der Waals surface area (Å²) in [5.41, 5.74) is 0. The van der Waals surface area contributed by atoms with Crippen LogP contribution in [0.4, 0.5) is 0 Å². The van der Waals surface area contributed by atoms with E-state index >= 15 is 0 Å². The largest absolute Gasteiger partial charge is 0.378 e. The molecule has 1 fully saturated rings. The van der Waals surface area contributed by atoms with Crippen molar-refractivity contribution in [1.82, 2.24) is 0 Å². The van der Waals surface area contributed by atoms with Crippen LogP contribution in [0.2, 0.25) is 0 Å². The van der Waals surface area contributed by atoms with E-state index in [0.29, 0.717) is 6.10 Å². The minimum absolute atomic E-state index is 0.606. The minimum atomic E-state index is 0.606. The molecule has 0 aliphatic heterocycles. The van der Waals surface area contributed by atoms with Crippen LogP contribution in [0, 0.1) is 0 Å². The smallest absolute Gasteiger partial charge is 0.0575 e. The van der Waals surface area contributed by atoms with Gasteiger partial charge in [-0.05, 0) is 19.3 Å². The van der Waals surface area contributed by atoms with E-state index in [-0.39, 0.29) is 0 Å². The number of unbranched alkanes of at least 4 members (excludes halogenated alkanes) is 4. The summed E-state index contributed by atoms with van der Waals surface area (Å²) in [5, 5.41) is 0. The maximum atomic E-state index is 5.86. The first-order valence-corrected chi connectivity index (χ1v) is 8.55. The second-order valence-electron chi connectivity index (χ2n) is 4.55. The Kier molecular flexibility index (Phi) is 21.7. The van der Waals surface area contributed by atoms with E-state index in [4.69, 9.17) is 4.74 Å². The van der Waals surface area contributed by atoms with Crippen LogP contribution in [0.5, 0.6) is 0 Å². The third-order valence-electron chi connectivity index (χ3n) is 3.15. The number of ether oxygens (including phenoxy) is 1. The van der Waals surface area contributed by atoms with Crippen molar-refractivity contribution < 1.29 is 4.74 Å². The number of hydrogen-bond acceptors (Lipinski definition) is 1. The van der Waals surface area contributed by atoms with E-state index in [0.717, 1.165) is 6.61 Å². The van der Waals surface area contributed by atoms with Crippen LogP contribution in [0.3, 0.4) is 0 Å². The van der Waals surface area contributed by atoms with Crippen molar-refractivity contribution in [2.75, 3.05) is 6.61 Å². The molecule has 0 saturated heterocycles. The van der Waals surface area contributed by atoms with Crippen LogP contribution in [-0.4, -0.2) is 12.7 Å². The van der Waals surface area contributed by atoms with Crippen molar-refractivity contribution in [2.45, 2.75) is 105 Å². The fourth-order valence-electron chi connectivity index (χ4n) is 2.19. The van der Waals surface area contributed by atoms with Gasteiger partial charge < -0.3 is 4.74 Å². The van der Waals surface area contributed by atoms with Gasteiger partial charge in [0.1, 0.15) is 0 Å². The molecule has 1 heteroatoms. The van der Waals surface area contributed by atoms with Crippen molar-refractivity contribution in [3.05, 3.63) is 0 Å². The highest BCUT2D eigenvalue weighted by Crippen LogP contribution is 2.20. The zero-order valence-corrected chi connectivity index (χ0v) is 13.8. The lowest BCUT2D eigenvalue weighted by Crippen LogP contribution is -2.17. The van der Waals surface area contributed by atoms with Gasteiger partial charge in [0.25, 0.3) is 0 Å². The Morgan fingerprint density at radius 2 is 1.33 bits per heavy atom. The van der Waals surface area contributed by atoms with Crippen LogP contribution in [0.1, 0.15) is 98.8 Å². The van der Waals surface area contributed by atoms with E-state index in [2.05, 4.69) is 6.92 Å². The summed E-state index contributed by atoms with van der Waals surface area (Å²) in [4.78, 5) is 0. The zero-order chi connectivity index (χ0) is 14.1. The van der Waals surface area contributed by atoms with Crippen LogP contribution < -0.4 is 0 Å². The van der Waals surface area contributed by atoms with Gasteiger partial charge in [0.15, 0.2) is 0 Å². The molecule has 1 nitrogen and oxygen atoms in total. The first-order chi connectivity index (χ1) is 8.93. The van der Waals surface area contributed by atoms with Crippen molar-refractivity contribution in [3.8, 4) is 0 Å². The van der Waals surface area contributed by atoms with E-state index in [1.54, 1.807) is 0 Å². The Hall–Kier alpha value is -0.0400. The van der Waals surface area contributed by atoms with Crippen molar-refractivity contribution in [2.24, 2.45) is 0 Å². The van der Waals surface area contributed by atoms with Gasteiger partial charge in [0.05, 0.1) is 6.10 Å². The fraction of sp³-hybridized carbons (Fsp3) is 1.00. The normalized spacial score (nSPS) is 15.2. The maximum Gasteiger partial charge on any atom is 0.0575 e. The maximum absolute atomic E-state index is 5.86. The van der Waals surface area contributed by atoms with Gasteiger partial charge >= 0.3 is 0 Å². The van der Waals surface area contributed by atoms with Gasteiger partial charge in [-0.15, -0.1) is 0 Å². The van der Waals surface area contributed by atoms with Crippen LogP contribution in [0.25, 0.3) is 0 Å². The molecule has 0 bridgehead atoms. The Labute approximate surface area is 117 Å². The van der Waals surface area contributed by atoms with E-state index < -0.39 is 0 Å². The molecular weight excluding hydrogens is 220 g/mol. The van der Waals surface area contributed by atoms with Crippen molar-refractivity contribution in [1.29, 1.82) is 0 Å². The highest BCUT2D eigenvalue weighted by Gasteiger charge is 2.12.